The molecule has 0 aliphatic rings. The highest BCUT2D eigenvalue weighted by Crippen LogP contribution is 2.45. The molecule has 0 radical (unpaired) electrons. The smallest absolute Gasteiger partial charge is 0.227 e. The average molecular weight is 595 g/mol. The highest BCUT2D eigenvalue weighted by molar-refractivity contribution is 7.25. The van der Waals surface area contributed by atoms with Crippen molar-refractivity contribution in [3.63, 3.8) is 0 Å². The van der Waals surface area contributed by atoms with Crippen molar-refractivity contribution in [2.24, 2.45) is 0 Å². The minimum absolute atomic E-state index is 0.623. The lowest BCUT2D eigenvalue weighted by Crippen LogP contribution is -2.10. The van der Waals surface area contributed by atoms with Crippen molar-refractivity contribution in [3.8, 4) is 22.6 Å². The van der Waals surface area contributed by atoms with E-state index in [2.05, 4.69) is 132 Å². The molecule has 3 nitrogen and oxygen atoms in total. The van der Waals surface area contributed by atoms with Crippen LogP contribution in [0.25, 0.3) is 64.6 Å². The molecule has 0 fully saturated rings. The van der Waals surface area contributed by atoms with Gasteiger partial charge in [-0.3, -0.25) is 0 Å². The molecular weight excluding hydrogens is 569 g/mol. The van der Waals surface area contributed by atoms with Crippen molar-refractivity contribution < 1.29 is 4.42 Å². The van der Waals surface area contributed by atoms with Crippen LogP contribution in [0.4, 0.5) is 17.1 Å². The van der Waals surface area contributed by atoms with Crippen LogP contribution in [0.15, 0.2) is 162 Å². The second kappa shape index (κ2) is 10.5. The molecule has 9 rings (SSSR count). The lowest BCUT2D eigenvalue weighted by Gasteiger charge is -2.27. The van der Waals surface area contributed by atoms with Crippen LogP contribution in [-0.2, 0) is 0 Å². The molecular formula is C41H26N2OS. The van der Waals surface area contributed by atoms with Crippen molar-refractivity contribution >= 4 is 70.4 Å². The van der Waals surface area contributed by atoms with Crippen molar-refractivity contribution in [2.45, 2.75) is 0 Å². The van der Waals surface area contributed by atoms with Crippen LogP contribution in [0.3, 0.4) is 0 Å². The van der Waals surface area contributed by atoms with Gasteiger partial charge in [0.15, 0.2) is 5.58 Å². The van der Waals surface area contributed by atoms with Crippen LogP contribution < -0.4 is 4.90 Å². The Bertz CT molecular complexity index is 2480. The summed E-state index contributed by atoms with van der Waals surface area (Å²) in [6.07, 6.45) is 0. The van der Waals surface area contributed by atoms with Crippen LogP contribution in [0, 0.1) is 0 Å². The topological polar surface area (TPSA) is 29.3 Å². The Hall–Kier alpha value is -5.71. The molecule has 2 heterocycles. The first-order valence-electron chi connectivity index (χ1n) is 15.0. The molecule has 212 valence electrons. The number of hydrogen-bond donors (Lipinski definition) is 0. The third-order valence-corrected chi connectivity index (χ3v) is 9.64. The molecule has 45 heavy (non-hydrogen) atoms. The minimum Gasteiger partial charge on any atom is -0.436 e. The van der Waals surface area contributed by atoms with Crippen LogP contribution in [0.2, 0.25) is 0 Å². The Morgan fingerprint density at radius 1 is 0.467 bits per heavy atom. The fraction of sp³-hybridized carbons (Fsp3) is 0. The highest BCUT2D eigenvalue weighted by Gasteiger charge is 2.21. The number of anilines is 3. The Balaban J connectivity index is 1.29. The number of nitrogens with zero attached hydrogens (tertiary/aromatic N) is 2. The van der Waals surface area contributed by atoms with Crippen molar-refractivity contribution in [1.29, 1.82) is 0 Å². The third-order valence-electron chi connectivity index (χ3n) is 8.49. The summed E-state index contributed by atoms with van der Waals surface area (Å²) in [6, 6.07) is 55.6. The number of hydrogen-bond acceptors (Lipinski definition) is 4. The summed E-state index contributed by atoms with van der Waals surface area (Å²) in [6.45, 7) is 0. The SMILES string of the molecule is c1ccc(-c2ccc(N(c3ccc4sc5ccccc5c4c3)c3cc4oc(-c5ccccc5)nc4c4ccccc34)cc2)cc1. The third kappa shape index (κ3) is 4.38. The quantitative estimate of drug-likeness (QED) is 0.198. The number of benzene rings is 7. The van der Waals surface area contributed by atoms with Crippen molar-refractivity contribution in [3.05, 3.63) is 158 Å². The molecule has 0 saturated carbocycles. The number of thiophene rings is 1. The zero-order valence-electron chi connectivity index (χ0n) is 24.2. The summed E-state index contributed by atoms with van der Waals surface area (Å²) in [4.78, 5) is 7.34. The molecule has 0 unspecified atom stereocenters. The van der Waals surface area contributed by atoms with Gasteiger partial charge >= 0.3 is 0 Å². The van der Waals surface area contributed by atoms with Crippen LogP contribution >= 0.6 is 11.3 Å². The normalized spacial score (nSPS) is 11.6. The molecule has 0 amide bonds. The molecule has 0 atom stereocenters. The summed E-state index contributed by atoms with van der Waals surface area (Å²) in [7, 11) is 0. The molecule has 0 aliphatic heterocycles. The Kier molecular flexibility index (Phi) is 6.00. The van der Waals surface area contributed by atoms with Crippen LogP contribution in [-0.4, -0.2) is 4.98 Å². The first-order valence-corrected chi connectivity index (χ1v) is 15.9. The zero-order chi connectivity index (χ0) is 29.7. The minimum atomic E-state index is 0.623. The monoisotopic (exact) mass is 594 g/mol. The fourth-order valence-corrected chi connectivity index (χ4v) is 7.43. The second-order valence-corrected chi connectivity index (χ2v) is 12.3. The van der Waals surface area contributed by atoms with E-state index in [0.29, 0.717) is 5.89 Å². The molecule has 7 aromatic carbocycles. The number of oxazole rings is 1. The van der Waals surface area contributed by atoms with Gasteiger partial charge in [-0.1, -0.05) is 103 Å². The molecule has 0 N–H and O–H groups in total. The molecule has 0 spiro atoms. The molecule has 0 saturated heterocycles. The zero-order valence-corrected chi connectivity index (χ0v) is 25.0. The first-order chi connectivity index (χ1) is 22.3. The Morgan fingerprint density at radius 2 is 1.07 bits per heavy atom. The Morgan fingerprint density at radius 3 is 1.84 bits per heavy atom. The van der Waals surface area contributed by atoms with Crippen LogP contribution in [0.5, 0.6) is 0 Å². The highest BCUT2D eigenvalue weighted by atomic mass is 32.1. The number of rotatable bonds is 5. The van der Waals surface area contributed by atoms with Gasteiger partial charge < -0.3 is 9.32 Å². The van der Waals surface area contributed by atoms with Gasteiger partial charge in [0, 0.05) is 53.9 Å². The maximum Gasteiger partial charge on any atom is 0.227 e. The van der Waals surface area contributed by atoms with E-state index in [1.54, 1.807) is 0 Å². The lowest BCUT2D eigenvalue weighted by molar-refractivity contribution is 0.620. The predicted octanol–water partition coefficient (Wildman–Crippen LogP) is 12.2. The fourth-order valence-electron chi connectivity index (χ4n) is 6.34. The summed E-state index contributed by atoms with van der Waals surface area (Å²) in [5.41, 5.74) is 8.17. The maximum atomic E-state index is 6.48. The second-order valence-electron chi connectivity index (χ2n) is 11.2. The van der Waals surface area contributed by atoms with E-state index in [4.69, 9.17) is 9.40 Å². The Labute approximate surface area is 264 Å². The van der Waals surface area contributed by atoms with Crippen molar-refractivity contribution in [2.75, 3.05) is 4.90 Å². The predicted molar refractivity (Wildman–Crippen MR) is 190 cm³/mol. The van der Waals surface area contributed by atoms with Gasteiger partial charge in [-0.25, -0.2) is 4.98 Å². The van der Waals surface area contributed by atoms with Crippen molar-refractivity contribution in [1.82, 2.24) is 4.98 Å². The van der Waals surface area contributed by atoms with Gasteiger partial charge in [0.05, 0.1) is 5.69 Å². The standard InChI is InChI=1S/C41H26N2OS/c1-3-11-27(12-4-1)28-19-21-30(22-20-28)43(31-23-24-39-35(25-31)33-16-9-10-18-38(33)45-39)36-26-37-40(34-17-8-7-15-32(34)36)42-41(44-37)29-13-5-2-6-14-29/h1-26H. The molecule has 2 aromatic heterocycles. The van der Waals surface area contributed by atoms with Gasteiger partial charge in [-0.2, -0.15) is 0 Å². The van der Waals surface area contributed by atoms with Gasteiger partial charge in [-0.05, 0) is 59.7 Å². The number of aromatic nitrogens is 1. The van der Waals surface area contributed by atoms with E-state index < -0.39 is 0 Å². The summed E-state index contributed by atoms with van der Waals surface area (Å²) < 4.78 is 9.06. The van der Waals surface area contributed by atoms with Gasteiger partial charge in [0.2, 0.25) is 5.89 Å². The van der Waals surface area contributed by atoms with E-state index in [1.807, 2.05) is 41.7 Å². The van der Waals surface area contributed by atoms with E-state index in [-0.39, 0.29) is 0 Å². The van der Waals surface area contributed by atoms with E-state index in [1.165, 1.54) is 31.3 Å². The lowest BCUT2D eigenvalue weighted by atomic mass is 10.0. The maximum absolute atomic E-state index is 6.48. The first kappa shape index (κ1) is 25.8. The summed E-state index contributed by atoms with van der Waals surface area (Å²) in [5, 5.41) is 4.71. The van der Waals surface area contributed by atoms with Gasteiger partial charge in [0.25, 0.3) is 0 Å². The van der Waals surface area contributed by atoms with Crippen LogP contribution in [0.1, 0.15) is 0 Å². The van der Waals surface area contributed by atoms with Gasteiger partial charge in [0.1, 0.15) is 5.52 Å². The number of fused-ring (bicyclic) bond motifs is 6. The molecule has 9 aromatic rings. The summed E-state index contributed by atoms with van der Waals surface area (Å²) in [5.74, 6) is 0.623. The van der Waals surface area contributed by atoms with E-state index in [9.17, 15) is 0 Å². The molecule has 0 aliphatic carbocycles. The molecule has 0 bridgehead atoms. The summed E-state index contributed by atoms with van der Waals surface area (Å²) >= 11 is 1.84. The average Bonchev–Trinajstić information content (AvgIpc) is 3.71. The molecule has 4 heteroatoms. The van der Waals surface area contributed by atoms with Gasteiger partial charge in [-0.15, -0.1) is 11.3 Å². The van der Waals surface area contributed by atoms with E-state index >= 15 is 0 Å². The van der Waals surface area contributed by atoms with E-state index in [0.717, 1.165) is 44.5 Å². The largest absolute Gasteiger partial charge is 0.436 e.